The Morgan fingerprint density at radius 2 is 2.04 bits per heavy atom. The molecule has 1 aromatic heterocycles. The second-order valence-corrected chi connectivity index (χ2v) is 8.50. The summed E-state index contributed by atoms with van der Waals surface area (Å²) < 4.78 is 28.1. The molecule has 2 heterocycles. The van der Waals surface area contributed by atoms with E-state index in [4.69, 9.17) is 11.6 Å². The van der Waals surface area contributed by atoms with Crippen LogP contribution in [0.4, 0.5) is 0 Å². The van der Waals surface area contributed by atoms with Crippen LogP contribution in [0.25, 0.3) is 0 Å². The lowest BCUT2D eigenvalue weighted by molar-refractivity contribution is 0.168. The molecule has 0 amide bonds. The third-order valence-corrected chi connectivity index (χ3v) is 5.81. The number of sulfonamides is 1. The molecule has 0 saturated heterocycles. The maximum atomic E-state index is 11.7. The largest absolute Gasteiger partial charge is 0.291 e. The SMILES string of the molecule is CCS(=O)(=O)NC[C@@H]1CN(Cc2ccc(Cl)cc2)Cc2ccnn21. The lowest BCUT2D eigenvalue weighted by Gasteiger charge is -2.34. The van der Waals surface area contributed by atoms with E-state index in [9.17, 15) is 8.42 Å². The van der Waals surface area contributed by atoms with Crippen molar-refractivity contribution in [3.05, 3.63) is 52.8 Å². The third-order valence-electron chi connectivity index (χ3n) is 4.19. The van der Waals surface area contributed by atoms with Crippen LogP contribution in [0.3, 0.4) is 0 Å². The van der Waals surface area contributed by atoms with Gasteiger partial charge in [0.25, 0.3) is 0 Å². The summed E-state index contributed by atoms with van der Waals surface area (Å²) in [7, 11) is -3.21. The van der Waals surface area contributed by atoms with Crippen molar-refractivity contribution in [2.75, 3.05) is 18.8 Å². The van der Waals surface area contributed by atoms with Crippen molar-refractivity contribution >= 4 is 21.6 Å². The quantitative estimate of drug-likeness (QED) is 0.847. The standard InChI is InChI=1S/C16H21ClN4O2S/c1-2-24(22,23)19-9-16-12-20(11-15-7-8-18-21(15)16)10-13-3-5-14(17)6-4-13/h3-8,16,19H,2,9-12H2,1H3/t16-/m1/s1. The smallest absolute Gasteiger partial charge is 0.211 e. The van der Waals surface area contributed by atoms with Crippen molar-refractivity contribution in [3.63, 3.8) is 0 Å². The van der Waals surface area contributed by atoms with Gasteiger partial charge in [0.2, 0.25) is 10.0 Å². The van der Waals surface area contributed by atoms with Gasteiger partial charge in [-0.25, -0.2) is 13.1 Å². The lowest BCUT2D eigenvalue weighted by Crippen LogP contribution is -2.42. The van der Waals surface area contributed by atoms with Crippen molar-refractivity contribution in [1.82, 2.24) is 19.4 Å². The van der Waals surface area contributed by atoms with Crippen molar-refractivity contribution in [2.24, 2.45) is 0 Å². The van der Waals surface area contributed by atoms with Crippen LogP contribution in [0.15, 0.2) is 36.5 Å². The molecule has 0 radical (unpaired) electrons. The predicted octanol–water partition coefficient (Wildman–Crippen LogP) is 2.03. The monoisotopic (exact) mass is 368 g/mol. The van der Waals surface area contributed by atoms with Gasteiger partial charge in [-0.1, -0.05) is 23.7 Å². The lowest BCUT2D eigenvalue weighted by atomic mass is 10.1. The van der Waals surface area contributed by atoms with E-state index >= 15 is 0 Å². The van der Waals surface area contributed by atoms with Gasteiger partial charge < -0.3 is 0 Å². The van der Waals surface area contributed by atoms with Gasteiger partial charge in [0.05, 0.1) is 17.5 Å². The van der Waals surface area contributed by atoms with Crippen molar-refractivity contribution in [2.45, 2.75) is 26.1 Å². The van der Waals surface area contributed by atoms with Gasteiger partial charge in [-0.15, -0.1) is 0 Å². The van der Waals surface area contributed by atoms with Crippen LogP contribution in [0.2, 0.25) is 5.02 Å². The number of benzene rings is 1. The Bertz CT molecular complexity index is 789. The van der Waals surface area contributed by atoms with E-state index in [0.29, 0.717) is 6.54 Å². The van der Waals surface area contributed by atoms with Crippen LogP contribution in [-0.2, 0) is 23.1 Å². The summed E-state index contributed by atoms with van der Waals surface area (Å²) in [5.74, 6) is 0.0835. The van der Waals surface area contributed by atoms with Gasteiger partial charge in [-0.2, -0.15) is 5.10 Å². The van der Waals surface area contributed by atoms with E-state index in [1.807, 2.05) is 35.0 Å². The van der Waals surface area contributed by atoms with Crippen LogP contribution >= 0.6 is 11.6 Å². The number of fused-ring (bicyclic) bond motifs is 1. The molecule has 2 aromatic rings. The molecule has 0 spiro atoms. The molecule has 1 atom stereocenters. The average Bonchev–Trinajstić information content (AvgIpc) is 3.03. The summed E-state index contributed by atoms with van der Waals surface area (Å²) in [5.41, 5.74) is 2.27. The molecule has 1 aromatic carbocycles. The topological polar surface area (TPSA) is 67.2 Å². The predicted molar refractivity (Wildman–Crippen MR) is 94.3 cm³/mol. The Labute approximate surface area is 147 Å². The molecule has 0 bridgehead atoms. The molecule has 24 heavy (non-hydrogen) atoms. The minimum absolute atomic E-state index is 0.0163. The summed E-state index contributed by atoms with van der Waals surface area (Å²) in [5, 5.41) is 5.08. The highest BCUT2D eigenvalue weighted by Crippen LogP contribution is 2.22. The number of halogens is 1. The first-order valence-corrected chi connectivity index (χ1v) is 9.96. The second kappa shape index (κ2) is 7.23. The molecule has 0 unspecified atom stereocenters. The molecule has 3 rings (SSSR count). The Kier molecular flexibility index (Phi) is 5.24. The molecule has 0 fully saturated rings. The fourth-order valence-electron chi connectivity index (χ4n) is 2.91. The Hall–Kier alpha value is -1.41. The van der Waals surface area contributed by atoms with Gasteiger partial charge in [0.1, 0.15) is 0 Å². The minimum Gasteiger partial charge on any atom is -0.291 e. The first kappa shape index (κ1) is 17.4. The zero-order valence-electron chi connectivity index (χ0n) is 13.5. The third kappa shape index (κ3) is 4.16. The molecular formula is C16H21ClN4O2S. The van der Waals surface area contributed by atoms with E-state index in [0.717, 1.165) is 30.4 Å². The Morgan fingerprint density at radius 1 is 1.29 bits per heavy atom. The molecule has 8 heteroatoms. The summed E-state index contributed by atoms with van der Waals surface area (Å²) in [6, 6.07) is 9.77. The first-order chi connectivity index (χ1) is 11.5. The van der Waals surface area contributed by atoms with Gasteiger partial charge in [0, 0.05) is 37.4 Å². The number of aromatic nitrogens is 2. The summed E-state index contributed by atoms with van der Waals surface area (Å²) in [4.78, 5) is 2.30. The van der Waals surface area contributed by atoms with E-state index in [2.05, 4.69) is 14.7 Å². The van der Waals surface area contributed by atoms with Crippen molar-refractivity contribution < 1.29 is 8.42 Å². The van der Waals surface area contributed by atoms with Gasteiger partial charge in [0.15, 0.2) is 0 Å². The van der Waals surface area contributed by atoms with E-state index in [1.54, 1.807) is 13.1 Å². The molecule has 6 nitrogen and oxygen atoms in total. The van der Waals surface area contributed by atoms with Crippen LogP contribution in [0.1, 0.15) is 24.2 Å². The molecule has 1 aliphatic rings. The van der Waals surface area contributed by atoms with Crippen LogP contribution in [-0.4, -0.2) is 41.9 Å². The normalized spacial score (nSPS) is 18.5. The average molecular weight is 369 g/mol. The molecule has 0 saturated carbocycles. The first-order valence-electron chi connectivity index (χ1n) is 7.93. The molecule has 130 valence electrons. The number of nitrogens with zero attached hydrogens (tertiary/aromatic N) is 3. The molecule has 1 N–H and O–H groups in total. The van der Waals surface area contributed by atoms with Crippen molar-refractivity contribution in [1.29, 1.82) is 0 Å². The fourth-order valence-corrected chi connectivity index (χ4v) is 3.69. The summed E-state index contributed by atoms with van der Waals surface area (Å²) >= 11 is 5.94. The van der Waals surface area contributed by atoms with Crippen LogP contribution in [0, 0.1) is 0 Å². The zero-order valence-corrected chi connectivity index (χ0v) is 15.1. The van der Waals surface area contributed by atoms with Crippen LogP contribution < -0.4 is 4.72 Å². The maximum Gasteiger partial charge on any atom is 0.211 e. The summed E-state index contributed by atoms with van der Waals surface area (Å²) in [6.45, 7) is 4.31. The highest BCUT2D eigenvalue weighted by molar-refractivity contribution is 7.89. The van der Waals surface area contributed by atoms with Gasteiger partial charge in [-0.3, -0.25) is 9.58 Å². The van der Waals surface area contributed by atoms with Gasteiger partial charge in [-0.05, 0) is 30.7 Å². The van der Waals surface area contributed by atoms with E-state index in [1.165, 1.54) is 5.56 Å². The molecular weight excluding hydrogens is 348 g/mol. The van der Waals surface area contributed by atoms with Gasteiger partial charge >= 0.3 is 0 Å². The summed E-state index contributed by atoms with van der Waals surface area (Å²) in [6.07, 6.45) is 1.77. The van der Waals surface area contributed by atoms with Crippen molar-refractivity contribution in [3.8, 4) is 0 Å². The second-order valence-electron chi connectivity index (χ2n) is 5.97. The fraction of sp³-hybridized carbons (Fsp3) is 0.438. The number of hydrogen-bond donors (Lipinski definition) is 1. The number of nitrogens with one attached hydrogen (secondary N) is 1. The van der Waals surface area contributed by atoms with E-state index < -0.39 is 10.0 Å². The molecule has 1 aliphatic heterocycles. The number of rotatable bonds is 6. The Morgan fingerprint density at radius 3 is 2.75 bits per heavy atom. The zero-order chi connectivity index (χ0) is 17.2. The highest BCUT2D eigenvalue weighted by Gasteiger charge is 2.26. The maximum absolute atomic E-state index is 11.7. The molecule has 0 aliphatic carbocycles. The highest BCUT2D eigenvalue weighted by atomic mass is 35.5. The van der Waals surface area contributed by atoms with E-state index in [-0.39, 0.29) is 11.8 Å². The minimum atomic E-state index is -3.21. The van der Waals surface area contributed by atoms with Crippen LogP contribution in [0.5, 0.6) is 0 Å². The Balaban J connectivity index is 1.72. The number of hydrogen-bond acceptors (Lipinski definition) is 4.